The van der Waals surface area contributed by atoms with Crippen LogP contribution in [0, 0.1) is 0 Å². The van der Waals surface area contributed by atoms with Gasteiger partial charge in [-0.2, -0.15) is 0 Å². The Bertz CT molecular complexity index is 541. The molecule has 1 amide bonds. The van der Waals surface area contributed by atoms with Crippen molar-refractivity contribution < 1.29 is 19.4 Å². The third kappa shape index (κ3) is 7.17. The van der Waals surface area contributed by atoms with Crippen molar-refractivity contribution in [3.8, 4) is 5.75 Å². The Hall–Kier alpha value is -2.04. The van der Waals surface area contributed by atoms with Gasteiger partial charge < -0.3 is 15.2 Å². The van der Waals surface area contributed by atoms with E-state index < -0.39 is 11.5 Å². The highest BCUT2D eigenvalue weighted by Crippen LogP contribution is 2.24. The normalized spacial score (nSPS) is 11.9. The van der Waals surface area contributed by atoms with E-state index in [-0.39, 0.29) is 24.3 Å². The van der Waals surface area contributed by atoms with Gasteiger partial charge in [0.25, 0.3) is 5.91 Å². The number of carboxylic acids is 1. The Morgan fingerprint density at radius 2 is 1.65 bits per heavy atom. The van der Waals surface area contributed by atoms with E-state index in [4.69, 9.17) is 9.84 Å². The molecule has 0 saturated heterocycles. The van der Waals surface area contributed by atoms with Crippen molar-refractivity contribution in [1.29, 1.82) is 0 Å². The summed E-state index contributed by atoms with van der Waals surface area (Å²) in [6.07, 6.45) is 0.386. The maximum absolute atomic E-state index is 11.9. The lowest BCUT2D eigenvalue weighted by Crippen LogP contribution is -2.45. The molecular weight excluding hydrogens is 294 g/mol. The van der Waals surface area contributed by atoms with E-state index in [9.17, 15) is 9.59 Å². The Labute approximate surface area is 138 Å². The fourth-order valence-corrected chi connectivity index (χ4v) is 2.10. The van der Waals surface area contributed by atoms with Crippen LogP contribution in [-0.2, 0) is 15.0 Å². The first-order valence-electron chi connectivity index (χ1n) is 7.76. The molecule has 0 heterocycles. The van der Waals surface area contributed by atoms with Crippen LogP contribution < -0.4 is 10.1 Å². The van der Waals surface area contributed by atoms with Crippen LogP contribution in [0.25, 0.3) is 0 Å². The number of carboxylic acid groups (broad SMARTS) is 1. The predicted octanol–water partition coefficient (Wildman–Crippen LogP) is 3.12. The molecule has 23 heavy (non-hydrogen) atoms. The first-order valence-corrected chi connectivity index (χ1v) is 7.76. The summed E-state index contributed by atoms with van der Waals surface area (Å²) in [4.78, 5) is 22.5. The summed E-state index contributed by atoms with van der Waals surface area (Å²) in [5.41, 5.74) is 0.697. The molecule has 2 N–H and O–H groups in total. The Balaban J connectivity index is 2.48. The average molecular weight is 321 g/mol. The summed E-state index contributed by atoms with van der Waals surface area (Å²) in [5.74, 6) is -0.501. The van der Waals surface area contributed by atoms with Crippen molar-refractivity contribution in [3.05, 3.63) is 29.8 Å². The predicted molar refractivity (Wildman–Crippen MR) is 89.7 cm³/mol. The van der Waals surface area contributed by atoms with Crippen LogP contribution in [0.15, 0.2) is 24.3 Å². The topological polar surface area (TPSA) is 75.6 Å². The van der Waals surface area contributed by atoms with E-state index in [0.29, 0.717) is 12.2 Å². The highest BCUT2D eigenvalue weighted by Gasteiger charge is 2.21. The quantitative estimate of drug-likeness (QED) is 0.809. The number of carbonyl (C=O) groups is 2. The van der Waals surface area contributed by atoms with Crippen molar-refractivity contribution >= 4 is 11.9 Å². The number of hydrogen-bond donors (Lipinski definition) is 2. The van der Waals surface area contributed by atoms with Crippen molar-refractivity contribution in [2.45, 2.75) is 58.4 Å². The van der Waals surface area contributed by atoms with E-state index in [1.807, 2.05) is 24.3 Å². The van der Waals surface area contributed by atoms with Gasteiger partial charge in [0.15, 0.2) is 6.61 Å². The zero-order valence-corrected chi connectivity index (χ0v) is 14.6. The number of nitrogens with one attached hydrogen (secondary N) is 1. The standard InChI is InChI=1S/C18H27NO4/c1-17(2,3)13-6-8-14(9-7-13)23-12-15(20)19-18(4,5)11-10-16(21)22/h6-9H,10-12H2,1-5H3,(H,19,20)(H,21,22). The highest BCUT2D eigenvalue weighted by molar-refractivity contribution is 5.78. The van der Waals surface area contributed by atoms with E-state index >= 15 is 0 Å². The summed E-state index contributed by atoms with van der Waals surface area (Å²) >= 11 is 0. The van der Waals surface area contributed by atoms with Gasteiger partial charge in [-0.3, -0.25) is 9.59 Å². The van der Waals surface area contributed by atoms with Crippen LogP contribution in [0.4, 0.5) is 0 Å². The number of carbonyl (C=O) groups excluding carboxylic acids is 1. The molecular formula is C18H27NO4. The second-order valence-electron chi connectivity index (χ2n) is 7.39. The minimum atomic E-state index is -0.873. The lowest BCUT2D eigenvalue weighted by atomic mass is 9.87. The first-order chi connectivity index (χ1) is 10.5. The maximum Gasteiger partial charge on any atom is 0.303 e. The van der Waals surface area contributed by atoms with Crippen LogP contribution in [0.5, 0.6) is 5.75 Å². The Morgan fingerprint density at radius 1 is 1.09 bits per heavy atom. The number of benzene rings is 1. The first kappa shape index (κ1) is 19.0. The van der Waals surface area contributed by atoms with Crippen LogP contribution in [0.2, 0.25) is 0 Å². The molecule has 0 fully saturated rings. The number of aliphatic carboxylic acids is 1. The summed E-state index contributed by atoms with van der Waals surface area (Å²) in [5, 5.41) is 11.5. The van der Waals surface area contributed by atoms with Gasteiger partial charge in [0.2, 0.25) is 0 Å². The lowest BCUT2D eigenvalue weighted by Gasteiger charge is -2.25. The van der Waals surface area contributed by atoms with Crippen LogP contribution in [0.3, 0.4) is 0 Å². The fraction of sp³-hybridized carbons (Fsp3) is 0.556. The third-order valence-electron chi connectivity index (χ3n) is 3.53. The van der Waals surface area contributed by atoms with E-state index in [1.54, 1.807) is 13.8 Å². The van der Waals surface area contributed by atoms with Gasteiger partial charge in [-0.25, -0.2) is 0 Å². The highest BCUT2D eigenvalue weighted by atomic mass is 16.5. The molecule has 5 heteroatoms. The molecule has 0 aliphatic carbocycles. The molecule has 0 radical (unpaired) electrons. The summed E-state index contributed by atoms with van der Waals surface area (Å²) < 4.78 is 5.48. The fourth-order valence-electron chi connectivity index (χ4n) is 2.10. The minimum absolute atomic E-state index is 0.0163. The summed E-state index contributed by atoms with van der Waals surface area (Å²) in [6.45, 7) is 9.91. The number of rotatable bonds is 7. The van der Waals surface area contributed by atoms with Gasteiger partial charge in [0, 0.05) is 12.0 Å². The van der Waals surface area contributed by atoms with Crippen LogP contribution in [0.1, 0.15) is 53.0 Å². The molecule has 128 valence electrons. The van der Waals surface area contributed by atoms with E-state index in [2.05, 4.69) is 26.1 Å². The molecule has 0 aromatic heterocycles. The molecule has 0 spiro atoms. The van der Waals surface area contributed by atoms with Crippen molar-refractivity contribution in [2.24, 2.45) is 0 Å². The van der Waals surface area contributed by atoms with Gasteiger partial charge in [0.05, 0.1) is 0 Å². The maximum atomic E-state index is 11.9. The molecule has 0 atom stereocenters. The van der Waals surface area contributed by atoms with Crippen molar-refractivity contribution in [3.63, 3.8) is 0 Å². The molecule has 0 aliphatic heterocycles. The second-order valence-corrected chi connectivity index (χ2v) is 7.39. The van der Waals surface area contributed by atoms with Gasteiger partial charge in [-0.05, 0) is 43.4 Å². The monoisotopic (exact) mass is 321 g/mol. The van der Waals surface area contributed by atoms with Gasteiger partial charge in [0.1, 0.15) is 5.75 Å². The number of ether oxygens (including phenoxy) is 1. The molecule has 1 aromatic rings. The Kier molecular flexibility index (Phi) is 6.19. The van der Waals surface area contributed by atoms with Crippen molar-refractivity contribution in [1.82, 2.24) is 5.32 Å². The Morgan fingerprint density at radius 3 is 2.13 bits per heavy atom. The van der Waals surface area contributed by atoms with E-state index in [0.717, 1.165) is 0 Å². The lowest BCUT2D eigenvalue weighted by molar-refractivity contribution is -0.138. The smallest absolute Gasteiger partial charge is 0.303 e. The molecule has 1 rings (SSSR count). The van der Waals surface area contributed by atoms with E-state index in [1.165, 1.54) is 5.56 Å². The molecule has 0 bridgehead atoms. The summed E-state index contributed by atoms with van der Waals surface area (Å²) in [7, 11) is 0. The molecule has 5 nitrogen and oxygen atoms in total. The zero-order chi connectivity index (χ0) is 17.7. The summed E-state index contributed by atoms with van der Waals surface area (Å²) in [6, 6.07) is 7.68. The van der Waals surface area contributed by atoms with Gasteiger partial charge >= 0.3 is 5.97 Å². The zero-order valence-electron chi connectivity index (χ0n) is 14.6. The third-order valence-corrected chi connectivity index (χ3v) is 3.53. The minimum Gasteiger partial charge on any atom is -0.484 e. The van der Waals surface area contributed by atoms with Gasteiger partial charge in [-0.15, -0.1) is 0 Å². The van der Waals surface area contributed by atoms with Crippen molar-refractivity contribution in [2.75, 3.05) is 6.61 Å². The molecule has 1 aromatic carbocycles. The van der Waals surface area contributed by atoms with Crippen LogP contribution >= 0.6 is 0 Å². The number of hydrogen-bond acceptors (Lipinski definition) is 3. The molecule has 0 unspecified atom stereocenters. The SMILES string of the molecule is CC(C)(CCC(=O)O)NC(=O)COc1ccc(C(C)(C)C)cc1. The van der Waals surface area contributed by atoms with Crippen LogP contribution in [-0.4, -0.2) is 29.1 Å². The largest absolute Gasteiger partial charge is 0.484 e. The second kappa shape index (κ2) is 7.49. The molecule has 0 aliphatic rings. The molecule has 0 saturated carbocycles. The van der Waals surface area contributed by atoms with Gasteiger partial charge in [-0.1, -0.05) is 32.9 Å². The average Bonchev–Trinajstić information content (AvgIpc) is 2.42. The number of amides is 1.